The molecule has 3 rings (SSSR count). The first-order chi connectivity index (χ1) is 11.0. The number of pyridine rings is 1. The number of Topliss-reactive ketones (excluding diaryl/α,β-unsaturated/α-hetero) is 1. The molecule has 2 heterocycles. The summed E-state index contributed by atoms with van der Waals surface area (Å²) in [6.45, 7) is 1.26. The molecule has 0 spiro atoms. The molecule has 0 unspecified atom stereocenters. The van der Waals surface area contributed by atoms with Gasteiger partial charge < -0.3 is 5.11 Å². The van der Waals surface area contributed by atoms with E-state index >= 15 is 0 Å². The van der Waals surface area contributed by atoms with E-state index in [1.807, 2.05) is 0 Å². The van der Waals surface area contributed by atoms with E-state index in [1.165, 1.54) is 36.2 Å². The van der Waals surface area contributed by atoms with Crippen LogP contribution in [0.4, 0.5) is 10.1 Å². The molecule has 1 aromatic heterocycles. The van der Waals surface area contributed by atoms with Crippen LogP contribution in [0, 0.1) is 5.82 Å². The van der Waals surface area contributed by atoms with Gasteiger partial charge in [0.25, 0.3) is 5.91 Å². The molecule has 23 heavy (non-hydrogen) atoms. The van der Waals surface area contributed by atoms with Crippen LogP contribution < -0.4 is 4.90 Å². The van der Waals surface area contributed by atoms with Gasteiger partial charge in [0.15, 0.2) is 11.5 Å². The minimum atomic E-state index is -0.889. The SMILES string of the molecule is CC(=O)C1=C(O)C(=O)N(c2cccnc2)[C@@H]1c1cccc(F)c1. The number of hydrogen-bond acceptors (Lipinski definition) is 4. The van der Waals surface area contributed by atoms with Gasteiger partial charge in [-0.2, -0.15) is 0 Å². The van der Waals surface area contributed by atoms with Crippen molar-refractivity contribution in [3.05, 3.63) is 71.5 Å². The molecule has 1 amide bonds. The highest BCUT2D eigenvalue weighted by Crippen LogP contribution is 2.40. The van der Waals surface area contributed by atoms with Crippen molar-refractivity contribution in [2.75, 3.05) is 4.90 Å². The van der Waals surface area contributed by atoms with E-state index in [4.69, 9.17) is 0 Å². The number of aliphatic hydroxyl groups excluding tert-OH is 1. The van der Waals surface area contributed by atoms with Crippen molar-refractivity contribution < 1.29 is 19.1 Å². The zero-order valence-electron chi connectivity index (χ0n) is 12.2. The minimum absolute atomic E-state index is 0.0514. The number of hydrogen-bond donors (Lipinski definition) is 1. The van der Waals surface area contributed by atoms with E-state index in [2.05, 4.69) is 4.98 Å². The molecule has 0 fully saturated rings. The lowest BCUT2D eigenvalue weighted by Crippen LogP contribution is -2.31. The average molecular weight is 312 g/mol. The van der Waals surface area contributed by atoms with Crippen LogP contribution in [0.15, 0.2) is 60.1 Å². The maximum Gasteiger partial charge on any atom is 0.294 e. The number of aliphatic hydroxyl groups is 1. The van der Waals surface area contributed by atoms with E-state index in [9.17, 15) is 19.1 Å². The third-order valence-corrected chi connectivity index (χ3v) is 3.68. The quantitative estimate of drug-likeness (QED) is 0.946. The fourth-order valence-corrected chi connectivity index (χ4v) is 2.72. The predicted molar refractivity (Wildman–Crippen MR) is 81.2 cm³/mol. The Morgan fingerprint density at radius 1 is 1.30 bits per heavy atom. The number of nitrogens with zero attached hydrogens (tertiary/aromatic N) is 2. The molecule has 1 aromatic carbocycles. The number of amides is 1. The van der Waals surface area contributed by atoms with Crippen molar-refractivity contribution in [3.63, 3.8) is 0 Å². The van der Waals surface area contributed by atoms with Crippen molar-refractivity contribution in [2.24, 2.45) is 0 Å². The van der Waals surface area contributed by atoms with Crippen molar-refractivity contribution in [2.45, 2.75) is 13.0 Å². The van der Waals surface area contributed by atoms with Crippen LogP contribution in [0.3, 0.4) is 0 Å². The van der Waals surface area contributed by atoms with Gasteiger partial charge >= 0.3 is 0 Å². The van der Waals surface area contributed by atoms with Gasteiger partial charge in [0, 0.05) is 6.20 Å². The first kappa shape index (κ1) is 14.9. The van der Waals surface area contributed by atoms with Gasteiger partial charge in [0.2, 0.25) is 0 Å². The molecule has 0 saturated heterocycles. The average Bonchev–Trinajstić information content (AvgIpc) is 2.80. The summed E-state index contributed by atoms with van der Waals surface area (Å²) in [5.41, 5.74) is 0.760. The zero-order valence-corrected chi connectivity index (χ0v) is 12.2. The fraction of sp³-hybridized carbons (Fsp3) is 0.118. The lowest BCUT2D eigenvalue weighted by Gasteiger charge is -2.26. The molecular weight excluding hydrogens is 299 g/mol. The van der Waals surface area contributed by atoms with Crippen LogP contribution in [0.2, 0.25) is 0 Å². The molecule has 1 aliphatic heterocycles. The summed E-state index contributed by atoms with van der Waals surface area (Å²) in [6, 6.07) is 7.98. The Morgan fingerprint density at radius 3 is 2.70 bits per heavy atom. The highest BCUT2D eigenvalue weighted by atomic mass is 19.1. The number of carbonyl (C=O) groups is 2. The summed E-state index contributed by atoms with van der Waals surface area (Å²) in [4.78, 5) is 29.6. The largest absolute Gasteiger partial charge is 0.503 e. The summed E-state index contributed by atoms with van der Waals surface area (Å²) in [7, 11) is 0. The van der Waals surface area contributed by atoms with Crippen molar-refractivity contribution in [3.8, 4) is 0 Å². The van der Waals surface area contributed by atoms with Gasteiger partial charge in [-0.15, -0.1) is 0 Å². The number of anilines is 1. The molecule has 0 aliphatic carbocycles. The van der Waals surface area contributed by atoms with Crippen molar-refractivity contribution >= 4 is 17.4 Å². The molecule has 1 N–H and O–H groups in total. The van der Waals surface area contributed by atoms with Gasteiger partial charge in [0.1, 0.15) is 5.82 Å². The lowest BCUT2D eigenvalue weighted by atomic mass is 9.96. The maximum atomic E-state index is 13.6. The van der Waals surface area contributed by atoms with Gasteiger partial charge in [-0.05, 0) is 36.8 Å². The van der Waals surface area contributed by atoms with E-state index < -0.39 is 29.3 Å². The monoisotopic (exact) mass is 312 g/mol. The minimum Gasteiger partial charge on any atom is -0.503 e. The standard InChI is InChI=1S/C17H13FN2O3/c1-10(21)14-15(11-4-2-5-12(18)8-11)20(17(23)16(14)22)13-6-3-7-19-9-13/h2-9,15,22H,1H3/t15-/m1/s1. The van der Waals surface area contributed by atoms with Gasteiger partial charge in [-0.1, -0.05) is 12.1 Å². The predicted octanol–water partition coefficient (Wildman–Crippen LogP) is 2.71. The molecule has 0 bridgehead atoms. The molecule has 6 heteroatoms. The fourth-order valence-electron chi connectivity index (χ4n) is 2.72. The third-order valence-electron chi connectivity index (χ3n) is 3.68. The van der Waals surface area contributed by atoms with E-state index in [0.29, 0.717) is 11.3 Å². The number of halogens is 1. The first-order valence-electron chi connectivity index (χ1n) is 6.94. The van der Waals surface area contributed by atoms with E-state index in [0.717, 1.165) is 0 Å². The second kappa shape index (κ2) is 5.64. The number of ketones is 1. The van der Waals surface area contributed by atoms with Crippen molar-refractivity contribution in [1.82, 2.24) is 4.98 Å². The molecule has 1 atom stereocenters. The molecule has 5 nitrogen and oxygen atoms in total. The maximum absolute atomic E-state index is 13.6. The van der Waals surface area contributed by atoms with Crippen LogP contribution in [0.25, 0.3) is 0 Å². The number of rotatable bonds is 3. The Hall–Kier alpha value is -3.02. The Bertz CT molecular complexity index is 818. The second-order valence-corrected chi connectivity index (χ2v) is 5.16. The lowest BCUT2D eigenvalue weighted by molar-refractivity contribution is -0.117. The number of benzene rings is 1. The summed E-state index contributed by atoms with van der Waals surface area (Å²) >= 11 is 0. The van der Waals surface area contributed by atoms with Crippen LogP contribution in [-0.2, 0) is 9.59 Å². The molecule has 0 radical (unpaired) electrons. The summed E-state index contributed by atoms with van der Waals surface area (Å²) < 4.78 is 13.6. The van der Waals surface area contributed by atoms with Crippen LogP contribution in [-0.4, -0.2) is 21.8 Å². The molecule has 116 valence electrons. The summed E-state index contributed by atoms with van der Waals surface area (Å²) in [5.74, 6) is -2.26. The number of aromatic nitrogens is 1. The normalized spacial score (nSPS) is 17.7. The Morgan fingerprint density at radius 2 is 2.09 bits per heavy atom. The third kappa shape index (κ3) is 2.48. The Kier molecular flexibility index (Phi) is 3.65. The topological polar surface area (TPSA) is 70.5 Å². The Balaban J connectivity index is 2.20. The van der Waals surface area contributed by atoms with Crippen LogP contribution in [0.5, 0.6) is 0 Å². The highest BCUT2D eigenvalue weighted by Gasteiger charge is 2.43. The number of carbonyl (C=O) groups excluding carboxylic acids is 2. The Labute approximate surface area is 131 Å². The molecule has 0 saturated carbocycles. The second-order valence-electron chi connectivity index (χ2n) is 5.16. The van der Waals surface area contributed by atoms with Gasteiger partial charge in [-0.25, -0.2) is 4.39 Å². The zero-order chi connectivity index (χ0) is 16.6. The van der Waals surface area contributed by atoms with E-state index in [-0.39, 0.29) is 5.57 Å². The van der Waals surface area contributed by atoms with Gasteiger partial charge in [0.05, 0.1) is 23.5 Å². The summed E-state index contributed by atoms with van der Waals surface area (Å²) in [6.07, 6.45) is 2.99. The molecule has 2 aromatic rings. The smallest absolute Gasteiger partial charge is 0.294 e. The summed E-state index contributed by atoms with van der Waals surface area (Å²) in [5, 5.41) is 10.1. The highest BCUT2D eigenvalue weighted by molar-refractivity contribution is 6.16. The van der Waals surface area contributed by atoms with Gasteiger partial charge in [-0.3, -0.25) is 19.5 Å². The molecule has 1 aliphatic rings. The first-order valence-corrected chi connectivity index (χ1v) is 6.94. The molecular formula is C17H13FN2O3. The van der Waals surface area contributed by atoms with Crippen LogP contribution >= 0.6 is 0 Å². The van der Waals surface area contributed by atoms with E-state index in [1.54, 1.807) is 24.4 Å². The van der Waals surface area contributed by atoms with Crippen LogP contribution in [0.1, 0.15) is 18.5 Å². The van der Waals surface area contributed by atoms with Crippen molar-refractivity contribution in [1.29, 1.82) is 0 Å².